The van der Waals surface area contributed by atoms with Crippen LogP contribution in [0.5, 0.6) is 0 Å². The van der Waals surface area contributed by atoms with Gasteiger partial charge in [-0.1, -0.05) is 40.2 Å². The molecule has 2 N–H and O–H groups in total. The average molecular weight is 501 g/mol. The maximum atomic E-state index is 13.3. The highest BCUT2D eigenvalue weighted by Crippen LogP contribution is 2.46. The zero-order valence-corrected chi connectivity index (χ0v) is 22.2. The number of benzene rings is 1. The van der Waals surface area contributed by atoms with Gasteiger partial charge in [0.15, 0.2) is 0 Å². The fourth-order valence-corrected chi connectivity index (χ4v) is 5.57. The number of nitrogens with zero attached hydrogens (tertiary/aromatic N) is 2. The number of cyclic esters (lactones) is 1. The molecule has 2 fully saturated rings. The smallest absolute Gasteiger partial charge is 0.309 e. The third kappa shape index (κ3) is 5.22. The van der Waals surface area contributed by atoms with Crippen molar-refractivity contribution in [3.05, 3.63) is 30.1 Å². The van der Waals surface area contributed by atoms with E-state index in [4.69, 9.17) is 9.47 Å². The molecule has 3 heterocycles. The number of aromatic nitrogens is 2. The highest BCUT2D eigenvalue weighted by molar-refractivity contribution is 5.88. The maximum Gasteiger partial charge on any atom is 0.309 e. The molecule has 8 nitrogen and oxygen atoms in total. The van der Waals surface area contributed by atoms with E-state index in [1.807, 2.05) is 36.7 Å². The number of aliphatic hydroxyl groups is 2. The molecular weight excluding hydrogens is 460 g/mol. The standard InChI is InChI=1S/C28H40N2O6/c1-16-8-7-11-28(5)23(36-28)13-21(18-9-10-20-19(12-18)29-15-30(20)6)35-24(32)14-22(31)27(3,4)26(34)17(2)25(16)33/h9-10,12,15-17,21-23,25,31,33H,7-8,11,13-14H2,1-6H3/t16-,17+,21-,22-,23-,25-,28+/m0/s1. The number of fused-ring (bicyclic) bond motifs is 2. The quantitative estimate of drug-likeness (QED) is 0.451. The van der Waals surface area contributed by atoms with E-state index in [2.05, 4.69) is 11.9 Å². The van der Waals surface area contributed by atoms with Crippen LogP contribution in [0.1, 0.15) is 78.4 Å². The Hall–Kier alpha value is -2.29. The first kappa shape index (κ1) is 26.8. The summed E-state index contributed by atoms with van der Waals surface area (Å²) in [6.07, 6.45) is 1.67. The van der Waals surface area contributed by atoms with E-state index in [0.717, 1.165) is 35.9 Å². The summed E-state index contributed by atoms with van der Waals surface area (Å²) in [5.74, 6) is -1.57. The van der Waals surface area contributed by atoms with Gasteiger partial charge in [0.1, 0.15) is 11.9 Å². The number of aryl methyl sites for hydroxylation is 1. The van der Waals surface area contributed by atoms with Crippen LogP contribution < -0.4 is 0 Å². The molecule has 0 unspecified atom stereocenters. The first-order valence-corrected chi connectivity index (χ1v) is 13.0. The number of esters is 1. The fourth-order valence-electron chi connectivity index (χ4n) is 5.57. The minimum absolute atomic E-state index is 0.0651. The van der Waals surface area contributed by atoms with Gasteiger partial charge in [0.05, 0.1) is 53.1 Å². The lowest BCUT2D eigenvalue weighted by Crippen LogP contribution is -2.45. The molecule has 2 aliphatic rings. The zero-order chi connectivity index (χ0) is 26.4. The van der Waals surface area contributed by atoms with Crippen LogP contribution in [0.25, 0.3) is 11.0 Å². The van der Waals surface area contributed by atoms with Gasteiger partial charge in [0, 0.05) is 19.4 Å². The summed E-state index contributed by atoms with van der Waals surface area (Å²) in [4.78, 5) is 30.7. The minimum atomic E-state index is -1.24. The van der Waals surface area contributed by atoms with Gasteiger partial charge in [-0.25, -0.2) is 4.98 Å². The Balaban J connectivity index is 1.62. The van der Waals surface area contributed by atoms with Crippen LogP contribution in [0.4, 0.5) is 0 Å². The van der Waals surface area contributed by atoms with Crippen LogP contribution in [0.3, 0.4) is 0 Å². The summed E-state index contributed by atoms with van der Waals surface area (Å²) in [7, 11) is 1.93. The van der Waals surface area contributed by atoms with E-state index < -0.39 is 35.6 Å². The van der Waals surface area contributed by atoms with Crippen molar-refractivity contribution in [2.75, 3.05) is 0 Å². The van der Waals surface area contributed by atoms with Gasteiger partial charge >= 0.3 is 5.97 Å². The lowest BCUT2D eigenvalue weighted by atomic mass is 9.73. The summed E-state index contributed by atoms with van der Waals surface area (Å²) in [6, 6.07) is 5.83. The van der Waals surface area contributed by atoms with Gasteiger partial charge in [0.2, 0.25) is 0 Å². The molecule has 1 aromatic heterocycles. The zero-order valence-electron chi connectivity index (χ0n) is 22.2. The molecular formula is C28H40N2O6. The Labute approximate surface area is 213 Å². The van der Waals surface area contributed by atoms with E-state index in [1.165, 1.54) is 0 Å². The third-order valence-electron chi connectivity index (χ3n) is 8.53. The molecule has 0 amide bonds. The van der Waals surface area contributed by atoms with Crippen molar-refractivity contribution in [3.8, 4) is 0 Å². The van der Waals surface area contributed by atoms with E-state index >= 15 is 0 Å². The predicted octanol–water partition coefficient (Wildman–Crippen LogP) is 3.87. The molecule has 7 atom stereocenters. The number of rotatable bonds is 1. The lowest BCUT2D eigenvalue weighted by Gasteiger charge is -2.34. The van der Waals surface area contributed by atoms with Gasteiger partial charge in [0.25, 0.3) is 0 Å². The summed E-state index contributed by atoms with van der Waals surface area (Å²) in [5, 5.41) is 21.8. The third-order valence-corrected chi connectivity index (χ3v) is 8.53. The molecule has 0 saturated carbocycles. The van der Waals surface area contributed by atoms with Crippen molar-refractivity contribution in [2.45, 2.75) is 96.7 Å². The van der Waals surface area contributed by atoms with E-state index in [1.54, 1.807) is 27.1 Å². The number of imidazole rings is 1. The predicted molar refractivity (Wildman–Crippen MR) is 135 cm³/mol. The molecule has 8 heteroatoms. The lowest BCUT2D eigenvalue weighted by molar-refractivity contribution is -0.156. The number of ether oxygens (including phenoxy) is 2. The maximum absolute atomic E-state index is 13.3. The number of aliphatic hydroxyl groups excluding tert-OH is 2. The van der Waals surface area contributed by atoms with Crippen molar-refractivity contribution in [1.82, 2.24) is 9.55 Å². The molecule has 2 aromatic rings. The molecule has 1 aromatic carbocycles. The average Bonchev–Trinajstić information content (AvgIpc) is 3.31. The van der Waals surface area contributed by atoms with Gasteiger partial charge in [-0.15, -0.1) is 0 Å². The first-order chi connectivity index (χ1) is 16.8. The SMILES string of the molecule is C[C@H]1CCC[C@@]2(C)O[C@H]2C[C@@H](c2ccc3c(c2)ncn3C)OC(=O)C[C@H](O)C(C)(C)C(=O)[C@H](C)[C@H]1O. The fraction of sp³-hybridized carbons (Fsp3) is 0.679. The van der Waals surface area contributed by atoms with Gasteiger partial charge in [-0.3, -0.25) is 9.59 Å². The summed E-state index contributed by atoms with van der Waals surface area (Å²) in [6.45, 7) is 8.97. The Morgan fingerprint density at radius 3 is 2.58 bits per heavy atom. The van der Waals surface area contributed by atoms with E-state index in [0.29, 0.717) is 6.42 Å². The van der Waals surface area contributed by atoms with Gasteiger partial charge in [-0.2, -0.15) is 0 Å². The van der Waals surface area contributed by atoms with Crippen molar-refractivity contribution in [3.63, 3.8) is 0 Å². The Kier molecular flexibility index (Phi) is 7.34. The highest BCUT2D eigenvalue weighted by atomic mass is 16.6. The molecule has 0 radical (unpaired) electrons. The molecule has 2 aliphatic heterocycles. The molecule has 198 valence electrons. The summed E-state index contributed by atoms with van der Waals surface area (Å²) < 4.78 is 13.9. The van der Waals surface area contributed by atoms with Gasteiger partial charge < -0.3 is 24.3 Å². The van der Waals surface area contributed by atoms with Crippen molar-refractivity contribution >= 4 is 22.8 Å². The highest BCUT2D eigenvalue weighted by Gasteiger charge is 2.53. The first-order valence-electron chi connectivity index (χ1n) is 13.0. The molecule has 0 spiro atoms. The molecule has 0 bridgehead atoms. The Morgan fingerprint density at radius 1 is 1.14 bits per heavy atom. The largest absolute Gasteiger partial charge is 0.457 e. The summed E-state index contributed by atoms with van der Waals surface area (Å²) in [5.41, 5.74) is 1.09. The van der Waals surface area contributed by atoms with E-state index in [9.17, 15) is 19.8 Å². The van der Waals surface area contributed by atoms with Gasteiger partial charge in [-0.05, 0) is 43.4 Å². The van der Waals surface area contributed by atoms with Crippen LogP contribution >= 0.6 is 0 Å². The van der Waals surface area contributed by atoms with Crippen molar-refractivity contribution < 1.29 is 29.3 Å². The molecule has 0 aliphatic carbocycles. The Morgan fingerprint density at radius 2 is 1.86 bits per heavy atom. The van der Waals surface area contributed by atoms with E-state index in [-0.39, 0.29) is 29.8 Å². The second-order valence-electron chi connectivity index (χ2n) is 11.7. The molecule has 4 rings (SSSR count). The topological polar surface area (TPSA) is 114 Å². The second-order valence-corrected chi connectivity index (χ2v) is 11.7. The number of carbonyl (C=O) groups is 2. The van der Waals surface area contributed by atoms with Crippen LogP contribution in [0, 0.1) is 17.3 Å². The van der Waals surface area contributed by atoms with Crippen molar-refractivity contribution in [2.24, 2.45) is 24.3 Å². The Bertz CT molecular complexity index is 1130. The van der Waals surface area contributed by atoms with Crippen LogP contribution in [0.2, 0.25) is 0 Å². The molecule has 36 heavy (non-hydrogen) atoms. The number of carbonyl (C=O) groups excluding carboxylic acids is 2. The molecule has 2 saturated heterocycles. The number of Topliss-reactive ketones (excluding diaryl/α,β-unsaturated/α-hetero) is 1. The van der Waals surface area contributed by atoms with Crippen LogP contribution in [-0.2, 0) is 26.1 Å². The monoisotopic (exact) mass is 500 g/mol. The normalized spacial score (nSPS) is 36.3. The minimum Gasteiger partial charge on any atom is -0.457 e. The van der Waals surface area contributed by atoms with Crippen LogP contribution in [-0.4, -0.2) is 55.4 Å². The number of epoxide rings is 1. The number of hydrogen-bond acceptors (Lipinski definition) is 7. The van der Waals surface area contributed by atoms with Crippen molar-refractivity contribution in [1.29, 1.82) is 0 Å². The van der Waals surface area contributed by atoms with Crippen LogP contribution in [0.15, 0.2) is 24.5 Å². The summed E-state index contributed by atoms with van der Waals surface area (Å²) >= 11 is 0. The second kappa shape index (κ2) is 9.88. The number of hydrogen-bond donors (Lipinski definition) is 2. The number of ketones is 1.